The van der Waals surface area contributed by atoms with Gasteiger partial charge in [0.1, 0.15) is 11.6 Å². The van der Waals surface area contributed by atoms with E-state index in [0.29, 0.717) is 13.0 Å². The fraction of sp³-hybridized carbons (Fsp3) is 0.765. The van der Waals surface area contributed by atoms with E-state index < -0.39 is 23.6 Å². The zero-order valence-electron chi connectivity index (χ0n) is 15.8. The minimum Gasteiger partial charge on any atom is -0.469 e. The molecule has 0 aromatic heterocycles. The van der Waals surface area contributed by atoms with Gasteiger partial charge in [-0.1, -0.05) is 0 Å². The van der Waals surface area contributed by atoms with E-state index in [-0.39, 0.29) is 37.7 Å². The molecule has 0 aromatic carbocycles. The minimum atomic E-state index is -0.604. The first-order valence-electron chi connectivity index (χ1n) is 8.60. The lowest BCUT2D eigenvalue weighted by atomic mass is 10.2. The monoisotopic (exact) mass is 372 g/mol. The second kappa shape index (κ2) is 10.2. The van der Waals surface area contributed by atoms with Crippen molar-refractivity contribution in [3.63, 3.8) is 0 Å². The van der Waals surface area contributed by atoms with Gasteiger partial charge in [0.15, 0.2) is 12.4 Å². The van der Waals surface area contributed by atoms with E-state index in [1.54, 1.807) is 20.8 Å². The largest absolute Gasteiger partial charge is 0.469 e. The van der Waals surface area contributed by atoms with E-state index in [9.17, 15) is 19.2 Å². The summed E-state index contributed by atoms with van der Waals surface area (Å²) < 4.78 is 9.61. The van der Waals surface area contributed by atoms with E-state index in [1.807, 2.05) is 0 Å². The Labute approximate surface area is 153 Å². The van der Waals surface area contributed by atoms with E-state index >= 15 is 0 Å². The molecule has 0 unspecified atom stereocenters. The number of hydrogen-bond donors (Lipinski definition) is 1. The smallest absolute Gasteiger partial charge is 0.334 e. The summed E-state index contributed by atoms with van der Waals surface area (Å²) in [6.45, 7) is 5.35. The number of hydroxylamine groups is 2. The number of ether oxygens (including phenoxy) is 2. The Kier molecular flexibility index (Phi) is 8.67. The van der Waals surface area contributed by atoms with Crippen molar-refractivity contribution >= 4 is 23.6 Å². The van der Waals surface area contributed by atoms with Gasteiger partial charge in [0.25, 0.3) is 0 Å². The van der Waals surface area contributed by atoms with Crippen LogP contribution in [0.3, 0.4) is 0 Å². The quantitative estimate of drug-likeness (QED) is 0.578. The highest BCUT2D eigenvalue weighted by Crippen LogP contribution is 2.18. The number of methoxy groups -OCH3 is 1. The first kappa shape index (κ1) is 22.0. The van der Waals surface area contributed by atoms with Crippen molar-refractivity contribution in [1.82, 2.24) is 10.4 Å². The number of nitrogens with zero attached hydrogens (tertiary/aromatic N) is 1. The molecule has 1 saturated heterocycles. The molecule has 9 nitrogen and oxygen atoms in total. The third kappa shape index (κ3) is 8.39. The number of carbonyl (C=O) groups is 4. The molecule has 0 saturated carbocycles. The van der Waals surface area contributed by atoms with Crippen LogP contribution in [0.15, 0.2) is 0 Å². The summed E-state index contributed by atoms with van der Waals surface area (Å²) in [5.74, 6) is -1.59. The molecule has 1 rings (SSSR count). The molecule has 26 heavy (non-hydrogen) atoms. The Balaban J connectivity index is 2.37. The molecule has 1 amide bonds. The lowest BCUT2D eigenvalue weighted by Gasteiger charge is -2.24. The first-order chi connectivity index (χ1) is 12.1. The molecule has 9 heteroatoms. The van der Waals surface area contributed by atoms with Crippen molar-refractivity contribution in [1.29, 1.82) is 0 Å². The predicted molar refractivity (Wildman–Crippen MR) is 90.8 cm³/mol. The maximum absolute atomic E-state index is 12.2. The molecule has 0 spiro atoms. The normalized spacial score (nSPS) is 17.6. The fourth-order valence-corrected chi connectivity index (χ4v) is 2.40. The van der Waals surface area contributed by atoms with Crippen LogP contribution in [0.25, 0.3) is 0 Å². The number of carbonyl (C=O) groups excluding carboxylic acids is 4. The SMILES string of the molecule is COC(=O)CCC(=O)CNC(=O)[C@@H]1CCCN1OCC(=O)OC(C)(C)C. The zero-order chi connectivity index (χ0) is 19.7. The maximum Gasteiger partial charge on any atom is 0.334 e. The highest BCUT2D eigenvalue weighted by Gasteiger charge is 2.32. The maximum atomic E-state index is 12.2. The van der Waals surface area contributed by atoms with Crippen LogP contribution < -0.4 is 5.32 Å². The van der Waals surface area contributed by atoms with Crippen molar-refractivity contribution in [3.8, 4) is 0 Å². The van der Waals surface area contributed by atoms with Crippen LogP contribution in [0.1, 0.15) is 46.5 Å². The molecule has 1 aliphatic rings. The van der Waals surface area contributed by atoms with Gasteiger partial charge in [0.05, 0.1) is 20.1 Å². The van der Waals surface area contributed by atoms with Gasteiger partial charge in [-0.2, -0.15) is 5.06 Å². The molecule has 0 radical (unpaired) electrons. The summed E-state index contributed by atoms with van der Waals surface area (Å²) in [7, 11) is 1.25. The van der Waals surface area contributed by atoms with Crippen LogP contribution in [0.5, 0.6) is 0 Å². The summed E-state index contributed by atoms with van der Waals surface area (Å²) in [6.07, 6.45) is 1.30. The number of ketones is 1. The summed E-state index contributed by atoms with van der Waals surface area (Å²) >= 11 is 0. The Morgan fingerprint density at radius 3 is 2.42 bits per heavy atom. The van der Waals surface area contributed by atoms with E-state index in [1.165, 1.54) is 12.2 Å². The Morgan fingerprint density at radius 2 is 1.81 bits per heavy atom. The van der Waals surface area contributed by atoms with Crippen LogP contribution in [-0.2, 0) is 33.5 Å². The molecule has 1 N–H and O–H groups in total. The third-order valence-electron chi connectivity index (χ3n) is 3.57. The van der Waals surface area contributed by atoms with Crippen molar-refractivity contribution in [2.75, 3.05) is 26.8 Å². The lowest BCUT2D eigenvalue weighted by Crippen LogP contribution is -2.45. The van der Waals surface area contributed by atoms with Gasteiger partial charge < -0.3 is 14.8 Å². The molecule has 0 bridgehead atoms. The number of rotatable bonds is 9. The van der Waals surface area contributed by atoms with Gasteiger partial charge in [-0.3, -0.25) is 19.2 Å². The topological polar surface area (TPSA) is 111 Å². The average Bonchev–Trinajstić information content (AvgIpc) is 3.02. The second-order valence-corrected chi connectivity index (χ2v) is 6.99. The van der Waals surface area contributed by atoms with E-state index in [4.69, 9.17) is 9.57 Å². The molecule has 148 valence electrons. The summed E-state index contributed by atoms with van der Waals surface area (Å²) in [5, 5.41) is 3.99. The van der Waals surface area contributed by atoms with E-state index in [0.717, 1.165) is 6.42 Å². The van der Waals surface area contributed by atoms with Crippen LogP contribution in [0.4, 0.5) is 0 Å². The van der Waals surface area contributed by atoms with Gasteiger partial charge in [0.2, 0.25) is 5.91 Å². The Morgan fingerprint density at radius 1 is 1.12 bits per heavy atom. The molecule has 0 aliphatic carbocycles. The van der Waals surface area contributed by atoms with Gasteiger partial charge in [-0.05, 0) is 33.6 Å². The third-order valence-corrected chi connectivity index (χ3v) is 3.57. The molecule has 1 fully saturated rings. The molecule has 1 atom stereocenters. The fourth-order valence-electron chi connectivity index (χ4n) is 2.40. The van der Waals surface area contributed by atoms with Crippen LogP contribution in [0.2, 0.25) is 0 Å². The number of esters is 2. The molecular formula is C17H28N2O7. The first-order valence-corrected chi connectivity index (χ1v) is 8.60. The molecule has 1 aliphatic heterocycles. The Bertz CT molecular complexity index is 528. The summed E-state index contributed by atoms with van der Waals surface area (Å²) in [4.78, 5) is 52.0. The number of amides is 1. The average molecular weight is 372 g/mol. The van der Waals surface area contributed by atoms with Gasteiger partial charge in [-0.15, -0.1) is 0 Å². The second-order valence-electron chi connectivity index (χ2n) is 6.99. The van der Waals surface area contributed by atoms with Gasteiger partial charge in [-0.25, -0.2) is 4.79 Å². The molecule has 0 aromatic rings. The Hall–Kier alpha value is -2.00. The highest BCUT2D eigenvalue weighted by atomic mass is 16.7. The van der Waals surface area contributed by atoms with Crippen molar-refractivity contribution < 1.29 is 33.5 Å². The number of hydrogen-bond acceptors (Lipinski definition) is 8. The van der Waals surface area contributed by atoms with Crippen LogP contribution in [0, 0.1) is 0 Å². The number of Topliss-reactive ketones (excluding diaryl/α,β-unsaturated/α-hetero) is 1. The van der Waals surface area contributed by atoms with Gasteiger partial charge >= 0.3 is 11.9 Å². The predicted octanol–water partition coefficient (Wildman–Crippen LogP) is 0.363. The lowest BCUT2D eigenvalue weighted by molar-refractivity contribution is -0.198. The van der Waals surface area contributed by atoms with E-state index in [2.05, 4.69) is 10.1 Å². The minimum absolute atomic E-state index is 0.0104. The zero-order valence-corrected chi connectivity index (χ0v) is 15.8. The highest BCUT2D eigenvalue weighted by molar-refractivity contribution is 5.89. The van der Waals surface area contributed by atoms with Crippen molar-refractivity contribution in [2.24, 2.45) is 0 Å². The summed E-state index contributed by atoms with van der Waals surface area (Å²) in [5.41, 5.74) is -0.604. The van der Waals surface area contributed by atoms with Crippen molar-refractivity contribution in [2.45, 2.75) is 58.1 Å². The van der Waals surface area contributed by atoms with Crippen LogP contribution in [-0.4, -0.2) is 67.1 Å². The standard InChI is InChI=1S/C17H28N2O7/c1-17(2,3)26-15(22)11-25-19-9-5-6-13(19)16(23)18-10-12(20)7-8-14(21)24-4/h13H,5-11H2,1-4H3,(H,18,23)/t13-/m0/s1. The number of nitrogens with one attached hydrogen (secondary N) is 1. The van der Waals surface area contributed by atoms with Crippen molar-refractivity contribution in [3.05, 3.63) is 0 Å². The van der Waals surface area contributed by atoms with Gasteiger partial charge in [0, 0.05) is 13.0 Å². The molecule has 1 heterocycles. The van der Waals surface area contributed by atoms with Crippen LogP contribution >= 0.6 is 0 Å². The molecular weight excluding hydrogens is 344 g/mol. The summed E-state index contributed by atoms with van der Waals surface area (Å²) in [6, 6.07) is -0.564.